The molecule has 1 N–H and O–H groups in total. The second-order valence-corrected chi connectivity index (χ2v) is 7.10. The summed E-state index contributed by atoms with van der Waals surface area (Å²) in [7, 11) is 0. The van der Waals surface area contributed by atoms with E-state index < -0.39 is 0 Å². The number of fused-ring (bicyclic) bond motifs is 1. The fourth-order valence-corrected chi connectivity index (χ4v) is 3.23. The van der Waals surface area contributed by atoms with Crippen LogP contribution in [-0.4, -0.2) is 16.5 Å². The van der Waals surface area contributed by atoms with Gasteiger partial charge in [0.1, 0.15) is 5.82 Å². The first kappa shape index (κ1) is 17.8. The fraction of sp³-hybridized carbons (Fsp3) is 0.0909. The minimum atomic E-state index is 0.642. The molecule has 0 radical (unpaired) electrons. The third-order valence-corrected chi connectivity index (χ3v) is 4.80. The van der Waals surface area contributed by atoms with Crippen molar-refractivity contribution in [3.63, 3.8) is 0 Å². The van der Waals surface area contributed by atoms with E-state index >= 15 is 0 Å². The highest BCUT2D eigenvalue weighted by Crippen LogP contribution is 2.27. The summed E-state index contributed by atoms with van der Waals surface area (Å²) in [4.78, 5) is 9.44. The van der Waals surface area contributed by atoms with Gasteiger partial charge < -0.3 is 5.32 Å². The maximum atomic E-state index is 6.18. The fourth-order valence-electron chi connectivity index (χ4n) is 2.94. The lowest BCUT2D eigenvalue weighted by molar-refractivity contribution is 1.01. The molecule has 4 rings (SSSR count). The van der Waals surface area contributed by atoms with Gasteiger partial charge in [0.25, 0.3) is 0 Å². The van der Waals surface area contributed by atoms with Crippen LogP contribution in [0.5, 0.6) is 0 Å². The molecule has 0 saturated heterocycles. The van der Waals surface area contributed by atoms with E-state index in [-0.39, 0.29) is 0 Å². The molecular weight excluding hydrogens is 377 g/mol. The van der Waals surface area contributed by atoms with Crippen molar-refractivity contribution >= 4 is 39.9 Å². The molecule has 0 atom stereocenters. The summed E-state index contributed by atoms with van der Waals surface area (Å²) in [5.74, 6) is 1.45. The molecule has 0 spiro atoms. The molecule has 3 aromatic carbocycles. The number of nitrogens with one attached hydrogen (secondary N) is 1. The zero-order valence-electron chi connectivity index (χ0n) is 14.5. The average Bonchev–Trinajstić information content (AvgIpc) is 2.69. The van der Waals surface area contributed by atoms with Crippen molar-refractivity contribution < 1.29 is 0 Å². The minimum absolute atomic E-state index is 0.642. The van der Waals surface area contributed by atoms with Crippen LogP contribution >= 0.6 is 23.2 Å². The second kappa shape index (κ2) is 7.95. The van der Waals surface area contributed by atoms with E-state index in [1.54, 1.807) is 0 Å². The highest BCUT2D eigenvalue weighted by Gasteiger charge is 2.10. The normalized spacial score (nSPS) is 10.9. The zero-order valence-corrected chi connectivity index (χ0v) is 16.0. The molecule has 0 fully saturated rings. The number of rotatable bonds is 5. The molecule has 4 aromatic rings. The second-order valence-electron chi connectivity index (χ2n) is 6.23. The summed E-state index contributed by atoms with van der Waals surface area (Å²) in [6, 6.07) is 23.6. The summed E-state index contributed by atoms with van der Waals surface area (Å²) in [6.07, 6.45) is 0.913. The van der Waals surface area contributed by atoms with Gasteiger partial charge in [-0.1, -0.05) is 53.5 Å². The van der Waals surface area contributed by atoms with Crippen LogP contribution in [-0.2, 0) is 6.42 Å². The van der Waals surface area contributed by atoms with E-state index in [9.17, 15) is 0 Å². The molecule has 27 heavy (non-hydrogen) atoms. The van der Waals surface area contributed by atoms with Gasteiger partial charge in [0.05, 0.1) is 5.52 Å². The summed E-state index contributed by atoms with van der Waals surface area (Å²) >= 11 is 12.2. The number of hydrogen-bond donors (Lipinski definition) is 1. The van der Waals surface area contributed by atoms with E-state index in [2.05, 4.69) is 34.6 Å². The zero-order chi connectivity index (χ0) is 18.6. The van der Waals surface area contributed by atoms with E-state index in [0.717, 1.165) is 35.2 Å². The Morgan fingerprint density at radius 1 is 0.778 bits per heavy atom. The van der Waals surface area contributed by atoms with Crippen LogP contribution < -0.4 is 5.32 Å². The maximum absolute atomic E-state index is 6.18. The first-order valence-electron chi connectivity index (χ1n) is 8.70. The Balaban J connectivity index is 1.68. The van der Waals surface area contributed by atoms with Gasteiger partial charge in [-0.3, -0.25) is 0 Å². The van der Waals surface area contributed by atoms with Crippen molar-refractivity contribution in [1.29, 1.82) is 0 Å². The molecular formula is C22H17Cl2N3. The lowest BCUT2D eigenvalue weighted by Gasteiger charge is -2.11. The van der Waals surface area contributed by atoms with Gasteiger partial charge in [-0.05, 0) is 54.4 Å². The first-order chi connectivity index (χ1) is 13.2. The lowest BCUT2D eigenvalue weighted by atomic mass is 10.1. The molecule has 134 valence electrons. The number of aromatic nitrogens is 2. The van der Waals surface area contributed by atoms with E-state index in [1.165, 1.54) is 5.56 Å². The minimum Gasteiger partial charge on any atom is -0.369 e. The third kappa shape index (κ3) is 4.21. The molecule has 0 aliphatic rings. The van der Waals surface area contributed by atoms with Crippen molar-refractivity contribution in [1.82, 2.24) is 9.97 Å². The summed E-state index contributed by atoms with van der Waals surface area (Å²) in [5.41, 5.74) is 3.00. The van der Waals surface area contributed by atoms with Crippen LogP contribution in [0, 0.1) is 0 Å². The molecule has 1 heterocycles. The number of halogens is 2. The number of hydrogen-bond acceptors (Lipinski definition) is 3. The van der Waals surface area contributed by atoms with Crippen molar-refractivity contribution in [2.75, 3.05) is 11.9 Å². The molecule has 5 heteroatoms. The number of nitrogens with zero attached hydrogens (tertiary/aromatic N) is 2. The molecule has 3 nitrogen and oxygen atoms in total. The van der Waals surface area contributed by atoms with Gasteiger partial charge >= 0.3 is 0 Å². The van der Waals surface area contributed by atoms with Gasteiger partial charge in [0.2, 0.25) is 0 Å². The Hall–Kier alpha value is -2.62. The summed E-state index contributed by atoms with van der Waals surface area (Å²) in [5, 5.41) is 5.74. The van der Waals surface area contributed by atoms with E-state index in [0.29, 0.717) is 15.9 Å². The van der Waals surface area contributed by atoms with Crippen LogP contribution in [0.4, 0.5) is 5.82 Å². The molecule has 0 saturated carbocycles. The summed E-state index contributed by atoms with van der Waals surface area (Å²) in [6.45, 7) is 0.777. The monoisotopic (exact) mass is 393 g/mol. The predicted octanol–water partition coefficient (Wildman–Crippen LogP) is 6.26. The Bertz CT molecular complexity index is 1060. The van der Waals surface area contributed by atoms with Crippen LogP contribution in [0.1, 0.15) is 5.56 Å². The van der Waals surface area contributed by atoms with Crippen LogP contribution in [0.3, 0.4) is 0 Å². The Kier molecular flexibility index (Phi) is 5.23. The van der Waals surface area contributed by atoms with Crippen molar-refractivity contribution in [3.05, 3.63) is 88.4 Å². The van der Waals surface area contributed by atoms with Gasteiger partial charge in [-0.15, -0.1) is 0 Å². The highest BCUT2D eigenvalue weighted by molar-refractivity contribution is 6.31. The summed E-state index contributed by atoms with van der Waals surface area (Å²) < 4.78 is 0. The van der Waals surface area contributed by atoms with Gasteiger partial charge in [-0.25, -0.2) is 9.97 Å². The number of anilines is 1. The molecule has 0 aliphatic carbocycles. The first-order valence-corrected chi connectivity index (χ1v) is 9.46. The van der Waals surface area contributed by atoms with E-state index in [4.69, 9.17) is 28.2 Å². The maximum Gasteiger partial charge on any atom is 0.162 e. The molecule has 0 bridgehead atoms. The van der Waals surface area contributed by atoms with E-state index in [1.807, 2.05) is 48.5 Å². The van der Waals surface area contributed by atoms with Crippen LogP contribution in [0.2, 0.25) is 10.0 Å². The van der Waals surface area contributed by atoms with Gasteiger partial charge in [-0.2, -0.15) is 0 Å². The largest absolute Gasteiger partial charge is 0.369 e. The SMILES string of the molecule is Clc1ccc(-c2nc(NCCc3ccccc3)c3ccc(Cl)cc3n2)cc1. The quantitative estimate of drug-likeness (QED) is 0.434. The Morgan fingerprint density at radius 3 is 2.30 bits per heavy atom. The highest BCUT2D eigenvalue weighted by atomic mass is 35.5. The van der Waals surface area contributed by atoms with Crippen molar-refractivity contribution in [2.24, 2.45) is 0 Å². The standard InChI is InChI=1S/C22H17Cl2N3/c23-17-8-6-16(7-9-17)21-26-20-14-18(24)10-11-19(20)22(27-21)25-13-12-15-4-2-1-3-5-15/h1-11,14H,12-13H2,(H,25,26,27). The molecule has 0 aliphatic heterocycles. The lowest BCUT2D eigenvalue weighted by Crippen LogP contribution is -2.08. The van der Waals surface area contributed by atoms with Crippen LogP contribution in [0.25, 0.3) is 22.3 Å². The number of benzene rings is 3. The molecule has 0 unspecified atom stereocenters. The smallest absolute Gasteiger partial charge is 0.162 e. The van der Waals surface area contributed by atoms with Gasteiger partial charge in [0, 0.05) is 27.5 Å². The Morgan fingerprint density at radius 2 is 1.52 bits per heavy atom. The third-order valence-electron chi connectivity index (χ3n) is 4.31. The van der Waals surface area contributed by atoms with Gasteiger partial charge in [0.15, 0.2) is 5.82 Å². The topological polar surface area (TPSA) is 37.8 Å². The van der Waals surface area contributed by atoms with Crippen LogP contribution in [0.15, 0.2) is 72.8 Å². The molecule has 0 amide bonds. The van der Waals surface area contributed by atoms with Crippen molar-refractivity contribution in [2.45, 2.75) is 6.42 Å². The van der Waals surface area contributed by atoms with Crippen molar-refractivity contribution in [3.8, 4) is 11.4 Å². The predicted molar refractivity (Wildman–Crippen MR) is 114 cm³/mol. The molecule has 1 aromatic heterocycles. The Labute approximate surface area is 168 Å². The average molecular weight is 394 g/mol.